The number of esters is 1. The summed E-state index contributed by atoms with van der Waals surface area (Å²) in [4.78, 5) is 13.9. The molecular formula is C21H30BrNO3. The number of hydrogen-bond acceptors (Lipinski definition) is 4. The Morgan fingerprint density at radius 3 is 2.81 bits per heavy atom. The molecule has 0 amide bonds. The van der Waals surface area contributed by atoms with E-state index in [1.54, 1.807) is 0 Å². The molecule has 0 N–H and O–H groups in total. The first kappa shape index (κ1) is 19.7. The molecule has 3 rings (SSSR count). The number of benzene rings is 1. The van der Waals surface area contributed by atoms with Gasteiger partial charge >= 0.3 is 5.97 Å². The SMILES string of the molecule is CCOC(=O)CN1CCC2(CC[C@@H](COc3cccc(Br)c3C)C2)CC1. The number of rotatable bonds is 6. The molecule has 1 atom stereocenters. The lowest BCUT2D eigenvalue weighted by Gasteiger charge is -2.39. The second kappa shape index (κ2) is 8.75. The fourth-order valence-electron chi connectivity index (χ4n) is 4.45. The Balaban J connectivity index is 1.45. The molecule has 5 heteroatoms. The van der Waals surface area contributed by atoms with Gasteiger partial charge in [-0.3, -0.25) is 9.69 Å². The van der Waals surface area contributed by atoms with Crippen LogP contribution in [0.3, 0.4) is 0 Å². The van der Waals surface area contributed by atoms with E-state index in [1.165, 1.54) is 37.7 Å². The zero-order valence-electron chi connectivity index (χ0n) is 15.9. The van der Waals surface area contributed by atoms with Crippen LogP contribution in [0.5, 0.6) is 5.75 Å². The largest absolute Gasteiger partial charge is 0.493 e. The van der Waals surface area contributed by atoms with E-state index in [9.17, 15) is 4.79 Å². The Kier molecular flexibility index (Phi) is 6.62. The van der Waals surface area contributed by atoms with Gasteiger partial charge in [0.25, 0.3) is 0 Å². The van der Waals surface area contributed by atoms with Gasteiger partial charge < -0.3 is 9.47 Å². The number of piperidine rings is 1. The summed E-state index contributed by atoms with van der Waals surface area (Å²) >= 11 is 3.57. The van der Waals surface area contributed by atoms with Crippen molar-refractivity contribution in [2.75, 3.05) is 32.8 Å². The summed E-state index contributed by atoms with van der Waals surface area (Å²) in [6, 6.07) is 6.14. The van der Waals surface area contributed by atoms with Gasteiger partial charge in [0, 0.05) is 10.0 Å². The van der Waals surface area contributed by atoms with Gasteiger partial charge in [0.05, 0.1) is 19.8 Å². The summed E-state index contributed by atoms with van der Waals surface area (Å²) < 4.78 is 12.3. The zero-order valence-corrected chi connectivity index (χ0v) is 17.5. The van der Waals surface area contributed by atoms with Crippen molar-refractivity contribution in [3.8, 4) is 5.75 Å². The molecule has 1 aliphatic heterocycles. The molecule has 144 valence electrons. The third-order valence-corrected chi connectivity index (χ3v) is 6.93. The quantitative estimate of drug-likeness (QED) is 0.627. The lowest BCUT2D eigenvalue weighted by atomic mass is 9.76. The van der Waals surface area contributed by atoms with Crippen LogP contribution in [0.4, 0.5) is 0 Å². The molecule has 1 aliphatic carbocycles. The standard InChI is InChI=1S/C21H30BrNO3/c1-3-25-20(24)14-23-11-9-21(10-12-23)8-7-17(13-21)15-26-19-6-4-5-18(22)16(19)2/h4-6,17H,3,7-15H2,1-2H3/t17-/m1/s1. The summed E-state index contributed by atoms with van der Waals surface area (Å²) in [7, 11) is 0. The Labute approximate surface area is 165 Å². The van der Waals surface area contributed by atoms with E-state index >= 15 is 0 Å². The molecule has 1 spiro atoms. The van der Waals surface area contributed by atoms with Crippen LogP contribution in [0.2, 0.25) is 0 Å². The predicted molar refractivity (Wildman–Crippen MR) is 106 cm³/mol. The molecule has 0 radical (unpaired) electrons. The average molecular weight is 424 g/mol. The van der Waals surface area contributed by atoms with Gasteiger partial charge in [0.1, 0.15) is 5.75 Å². The molecule has 1 saturated carbocycles. The summed E-state index contributed by atoms with van der Waals surface area (Å²) in [6.07, 6.45) is 6.20. The van der Waals surface area contributed by atoms with E-state index < -0.39 is 0 Å². The Morgan fingerprint density at radius 2 is 2.08 bits per heavy atom. The van der Waals surface area contributed by atoms with Gasteiger partial charge in [-0.1, -0.05) is 22.0 Å². The van der Waals surface area contributed by atoms with E-state index in [0.29, 0.717) is 24.5 Å². The highest BCUT2D eigenvalue weighted by molar-refractivity contribution is 9.10. The molecule has 4 nitrogen and oxygen atoms in total. The highest BCUT2D eigenvalue weighted by Gasteiger charge is 2.41. The monoisotopic (exact) mass is 423 g/mol. The van der Waals surface area contributed by atoms with Crippen LogP contribution in [-0.4, -0.2) is 43.7 Å². The average Bonchev–Trinajstić information content (AvgIpc) is 3.02. The molecule has 2 aliphatic rings. The molecule has 0 aromatic heterocycles. The van der Waals surface area contributed by atoms with E-state index in [0.717, 1.165) is 29.9 Å². The number of halogens is 1. The number of carbonyl (C=O) groups excluding carboxylic acids is 1. The van der Waals surface area contributed by atoms with Crippen molar-refractivity contribution in [3.05, 3.63) is 28.2 Å². The van der Waals surface area contributed by atoms with Crippen molar-refractivity contribution < 1.29 is 14.3 Å². The van der Waals surface area contributed by atoms with Crippen molar-refractivity contribution in [1.29, 1.82) is 0 Å². The summed E-state index contributed by atoms with van der Waals surface area (Å²) in [6.45, 7) is 7.70. The summed E-state index contributed by atoms with van der Waals surface area (Å²) in [5.74, 6) is 1.54. The van der Waals surface area contributed by atoms with E-state index in [2.05, 4.69) is 39.9 Å². The van der Waals surface area contributed by atoms with Crippen LogP contribution in [0, 0.1) is 18.3 Å². The third-order valence-electron chi connectivity index (χ3n) is 6.07. The minimum atomic E-state index is -0.0921. The topological polar surface area (TPSA) is 38.8 Å². The van der Waals surface area contributed by atoms with Crippen LogP contribution >= 0.6 is 15.9 Å². The third kappa shape index (κ3) is 4.80. The lowest BCUT2D eigenvalue weighted by molar-refractivity contribution is -0.145. The predicted octanol–water partition coefficient (Wildman–Crippen LogP) is 4.58. The first-order chi connectivity index (χ1) is 12.5. The van der Waals surface area contributed by atoms with Gasteiger partial charge in [-0.05, 0) is 82.5 Å². The Hall–Kier alpha value is -1.07. The minimum Gasteiger partial charge on any atom is -0.493 e. The molecule has 1 saturated heterocycles. The van der Waals surface area contributed by atoms with Crippen LogP contribution in [0.25, 0.3) is 0 Å². The van der Waals surface area contributed by atoms with Gasteiger partial charge in [-0.2, -0.15) is 0 Å². The van der Waals surface area contributed by atoms with Crippen LogP contribution in [0.15, 0.2) is 22.7 Å². The van der Waals surface area contributed by atoms with E-state index in [1.807, 2.05) is 13.0 Å². The van der Waals surface area contributed by atoms with Crippen LogP contribution in [-0.2, 0) is 9.53 Å². The smallest absolute Gasteiger partial charge is 0.320 e. The van der Waals surface area contributed by atoms with Gasteiger partial charge in [0.2, 0.25) is 0 Å². The molecular weight excluding hydrogens is 394 g/mol. The molecule has 0 unspecified atom stereocenters. The maximum absolute atomic E-state index is 11.7. The van der Waals surface area contributed by atoms with Gasteiger partial charge in [-0.15, -0.1) is 0 Å². The fourth-order valence-corrected chi connectivity index (χ4v) is 4.80. The molecule has 1 aromatic carbocycles. The van der Waals surface area contributed by atoms with E-state index in [4.69, 9.17) is 9.47 Å². The van der Waals surface area contributed by atoms with E-state index in [-0.39, 0.29) is 5.97 Å². The van der Waals surface area contributed by atoms with Crippen LogP contribution in [0.1, 0.15) is 44.6 Å². The Bertz CT molecular complexity index is 626. The fraction of sp³-hybridized carbons (Fsp3) is 0.667. The van der Waals surface area contributed by atoms with Crippen molar-refractivity contribution in [2.24, 2.45) is 11.3 Å². The number of ether oxygens (including phenoxy) is 2. The number of hydrogen-bond donors (Lipinski definition) is 0. The van der Waals surface area contributed by atoms with Crippen LogP contribution < -0.4 is 4.74 Å². The number of nitrogens with zero attached hydrogens (tertiary/aromatic N) is 1. The highest BCUT2D eigenvalue weighted by atomic mass is 79.9. The van der Waals surface area contributed by atoms with Crippen molar-refractivity contribution >= 4 is 21.9 Å². The summed E-state index contributed by atoms with van der Waals surface area (Å²) in [5.41, 5.74) is 1.64. The first-order valence-electron chi connectivity index (χ1n) is 9.77. The van der Waals surface area contributed by atoms with Crippen molar-refractivity contribution in [1.82, 2.24) is 4.90 Å². The molecule has 1 heterocycles. The first-order valence-corrected chi connectivity index (χ1v) is 10.6. The maximum atomic E-state index is 11.7. The van der Waals surface area contributed by atoms with Crippen molar-refractivity contribution in [2.45, 2.75) is 46.0 Å². The zero-order chi connectivity index (χ0) is 18.6. The maximum Gasteiger partial charge on any atom is 0.320 e. The summed E-state index contributed by atoms with van der Waals surface area (Å²) in [5, 5.41) is 0. The molecule has 2 fully saturated rings. The number of likely N-dealkylation sites (tertiary alicyclic amines) is 1. The normalized spacial score (nSPS) is 22.5. The molecule has 0 bridgehead atoms. The lowest BCUT2D eigenvalue weighted by Crippen LogP contribution is -2.41. The molecule has 1 aromatic rings. The highest BCUT2D eigenvalue weighted by Crippen LogP contribution is 2.49. The van der Waals surface area contributed by atoms with Crippen molar-refractivity contribution in [3.63, 3.8) is 0 Å². The number of carbonyl (C=O) groups is 1. The Morgan fingerprint density at radius 1 is 1.31 bits per heavy atom. The van der Waals surface area contributed by atoms with Gasteiger partial charge in [0.15, 0.2) is 0 Å². The minimum absolute atomic E-state index is 0.0921. The molecule has 26 heavy (non-hydrogen) atoms. The van der Waals surface area contributed by atoms with Gasteiger partial charge in [-0.25, -0.2) is 0 Å². The second-order valence-electron chi connectivity index (χ2n) is 7.86. The second-order valence-corrected chi connectivity index (χ2v) is 8.72.